The van der Waals surface area contributed by atoms with Crippen LogP contribution in [0.2, 0.25) is 5.02 Å². The number of aromatic nitrogens is 3. The third-order valence-electron chi connectivity index (χ3n) is 4.06. The van der Waals surface area contributed by atoms with E-state index in [2.05, 4.69) is 32.3 Å². The lowest BCUT2D eigenvalue weighted by molar-refractivity contribution is 0.416. The van der Waals surface area contributed by atoms with E-state index in [1.165, 1.54) is 12.8 Å². The first-order chi connectivity index (χ1) is 11.2. The van der Waals surface area contributed by atoms with E-state index in [1.54, 1.807) is 31.5 Å². The van der Waals surface area contributed by atoms with E-state index in [4.69, 9.17) is 16.3 Å². The summed E-state index contributed by atoms with van der Waals surface area (Å²) in [7, 11) is 1.61. The summed E-state index contributed by atoms with van der Waals surface area (Å²) >= 11 is 6.05. The summed E-state index contributed by atoms with van der Waals surface area (Å²) in [5, 5.41) is 11.9. The van der Waals surface area contributed by atoms with Gasteiger partial charge >= 0.3 is 0 Å². The van der Waals surface area contributed by atoms with E-state index in [9.17, 15) is 0 Å². The molecule has 0 saturated carbocycles. The molecule has 1 saturated heterocycles. The Kier molecular flexibility index (Phi) is 4.81. The van der Waals surface area contributed by atoms with Crippen molar-refractivity contribution in [3.63, 3.8) is 0 Å². The van der Waals surface area contributed by atoms with Crippen molar-refractivity contribution in [3.8, 4) is 5.75 Å². The smallest absolute Gasteiger partial charge is 0.249 e. The third-order valence-corrected chi connectivity index (χ3v) is 4.30. The quantitative estimate of drug-likeness (QED) is 0.923. The zero-order chi connectivity index (χ0) is 16.2. The van der Waals surface area contributed by atoms with Gasteiger partial charge in [-0.25, -0.2) is 0 Å². The fourth-order valence-corrected chi connectivity index (χ4v) is 2.81. The number of hydrogen-bond donors (Lipinski definition) is 1. The summed E-state index contributed by atoms with van der Waals surface area (Å²) in [5.41, 5.74) is 0.714. The molecular weight excluding hydrogens is 314 g/mol. The highest BCUT2D eigenvalue weighted by Gasteiger charge is 2.18. The van der Waals surface area contributed by atoms with Gasteiger partial charge in [0, 0.05) is 18.1 Å². The summed E-state index contributed by atoms with van der Waals surface area (Å²) < 4.78 is 5.32. The van der Waals surface area contributed by atoms with E-state index in [-0.39, 0.29) is 0 Å². The molecular formula is C16H20ClN5O. The number of halogens is 1. The zero-order valence-electron chi connectivity index (χ0n) is 13.3. The van der Waals surface area contributed by atoms with Gasteiger partial charge in [0.05, 0.1) is 19.0 Å². The van der Waals surface area contributed by atoms with Gasteiger partial charge in [-0.3, -0.25) is 0 Å². The molecule has 0 amide bonds. The van der Waals surface area contributed by atoms with Crippen molar-refractivity contribution in [2.24, 2.45) is 5.92 Å². The second kappa shape index (κ2) is 7.00. The Hall–Kier alpha value is -2.08. The van der Waals surface area contributed by atoms with Crippen molar-refractivity contribution >= 4 is 29.1 Å². The molecule has 1 aromatic heterocycles. The van der Waals surface area contributed by atoms with Crippen LogP contribution < -0.4 is 15.0 Å². The molecule has 0 atom stereocenters. The molecule has 3 rings (SSSR count). The van der Waals surface area contributed by atoms with Crippen LogP contribution in [0, 0.1) is 5.92 Å². The Morgan fingerprint density at radius 3 is 2.83 bits per heavy atom. The van der Waals surface area contributed by atoms with Crippen molar-refractivity contribution < 1.29 is 4.74 Å². The summed E-state index contributed by atoms with van der Waals surface area (Å²) in [6.07, 6.45) is 4.06. The van der Waals surface area contributed by atoms with Gasteiger partial charge in [0.1, 0.15) is 5.75 Å². The maximum absolute atomic E-state index is 6.05. The molecule has 7 heteroatoms. The van der Waals surface area contributed by atoms with Gasteiger partial charge in [0.25, 0.3) is 0 Å². The number of anilines is 3. The number of nitrogens with one attached hydrogen (secondary N) is 1. The molecule has 6 nitrogen and oxygen atoms in total. The van der Waals surface area contributed by atoms with E-state index >= 15 is 0 Å². The molecule has 1 aliphatic heterocycles. The van der Waals surface area contributed by atoms with E-state index < -0.39 is 0 Å². The Balaban J connectivity index is 1.79. The average molecular weight is 334 g/mol. The minimum atomic E-state index is 0.432. The van der Waals surface area contributed by atoms with Gasteiger partial charge in [-0.2, -0.15) is 10.1 Å². The molecule has 1 fully saturated rings. The third kappa shape index (κ3) is 3.82. The molecule has 1 aliphatic rings. The summed E-state index contributed by atoms with van der Waals surface area (Å²) in [4.78, 5) is 6.81. The highest BCUT2D eigenvalue weighted by molar-refractivity contribution is 6.30. The van der Waals surface area contributed by atoms with Crippen LogP contribution in [-0.2, 0) is 0 Å². The molecule has 2 aromatic rings. The normalized spacial score (nSPS) is 15.5. The van der Waals surface area contributed by atoms with Gasteiger partial charge in [0.15, 0.2) is 5.82 Å². The summed E-state index contributed by atoms with van der Waals surface area (Å²) in [5.74, 6) is 2.72. The molecule has 0 radical (unpaired) electrons. The molecule has 0 unspecified atom stereocenters. The van der Waals surface area contributed by atoms with Gasteiger partial charge < -0.3 is 15.0 Å². The molecule has 23 heavy (non-hydrogen) atoms. The molecule has 1 N–H and O–H groups in total. The van der Waals surface area contributed by atoms with Gasteiger partial charge in [-0.15, -0.1) is 5.10 Å². The standard InChI is InChI=1S/C16H20ClN5O/c1-11-5-7-22(8-6-11)15-10-18-21-16(20-15)19-13-9-12(17)3-4-14(13)23-2/h3-4,9-11H,5-8H2,1-2H3,(H,19,20,21). The van der Waals surface area contributed by atoms with Crippen molar-refractivity contribution in [2.45, 2.75) is 19.8 Å². The molecule has 1 aromatic carbocycles. The lowest BCUT2D eigenvalue weighted by atomic mass is 9.99. The van der Waals surface area contributed by atoms with Crippen LogP contribution in [0.15, 0.2) is 24.4 Å². The number of nitrogens with zero attached hydrogens (tertiary/aromatic N) is 4. The minimum absolute atomic E-state index is 0.432. The van der Waals surface area contributed by atoms with E-state index in [0.717, 1.165) is 24.8 Å². The largest absolute Gasteiger partial charge is 0.495 e. The van der Waals surface area contributed by atoms with Crippen LogP contribution in [0.4, 0.5) is 17.5 Å². The lowest BCUT2D eigenvalue weighted by Gasteiger charge is -2.30. The van der Waals surface area contributed by atoms with Crippen LogP contribution in [0.25, 0.3) is 0 Å². The van der Waals surface area contributed by atoms with Crippen molar-refractivity contribution in [1.82, 2.24) is 15.2 Å². The average Bonchev–Trinajstić information content (AvgIpc) is 2.56. The van der Waals surface area contributed by atoms with Crippen LogP contribution in [-0.4, -0.2) is 35.4 Å². The number of hydrogen-bond acceptors (Lipinski definition) is 6. The topological polar surface area (TPSA) is 63.2 Å². The van der Waals surface area contributed by atoms with Gasteiger partial charge in [-0.1, -0.05) is 18.5 Å². The Morgan fingerprint density at radius 2 is 2.09 bits per heavy atom. The Labute approximate surface area is 140 Å². The van der Waals surface area contributed by atoms with Crippen molar-refractivity contribution in [2.75, 3.05) is 30.4 Å². The van der Waals surface area contributed by atoms with Crippen LogP contribution >= 0.6 is 11.6 Å². The number of benzene rings is 1. The fourth-order valence-electron chi connectivity index (χ4n) is 2.64. The predicted molar refractivity (Wildman–Crippen MR) is 91.7 cm³/mol. The molecule has 2 heterocycles. The summed E-state index contributed by atoms with van der Waals surface area (Å²) in [6.45, 7) is 4.29. The monoisotopic (exact) mass is 333 g/mol. The zero-order valence-corrected chi connectivity index (χ0v) is 14.0. The SMILES string of the molecule is COc1ccc(Cl)cc1Nc1nncc(N2CCC(C)CC2)n1. The van der Waals surface area contributed by atoms with Crippen LogP contribution in [0.5, 0.6) is 5.75 Å². The number of ether oxygens (including phenoxy) is 1. The Morgan fingerprint density at radius 1 is 1.30 bits per heavy atom. The van der Waals surface area contributed by atoms with Crippen molar-refractivity contribution in [1.29, 1.82) is 0 Å². The molecule has 0 aliphatic carbocycles. The first-order valence-electron chi connectivity index (χ1n) is 7.71. The Bertz CT molecular complexity index is 673. The maximum Gasteiger partial charge on any atom is 0.249 e. The predicted octanol–water partition coefficient (Wildman–Crippen LogP) is 3.51. The van der Waals surface area contributed by atoms with Crippen molar-refractivity contribution in [3.05, 3.63) is 29.4 Å². The molecule has 0 spiro atoms. The lowest BCUT2D eigenvalue weighted by Crippen LogP contribution is -2.33. The molecule has 0 bridgehead atoms. The van der Waals surface area contributed by atoms with Gasteiger partial charge in [0.2, 0.25) is 5.95 Å². The minimum Gasteiger partial charge on any atom is -0.495 e. The fraction of sp³-hybridized carbons (Fsp3) is 0.438. The maximum atomic E-state index is 6.05. The van der Waals surface area contributed by atoms with E-state index in [0.29, 0.717) is 22.4 Å². The highest BCUT2D eigenvalue weighted by Crippen LogP contribution is 2.30. The first-order valence-corrected chi connectivity index (χ1v) is 8.08. The second-order valence-electron chi connectivity index (χ2n) is 5.78. The van der Waals surface area contributed by atoms with Crippen LogP contribution in [0.3, 0.4) is 0 Å². The number of rotatable bonds is 4. The second-order valence-corrected chi connectivity index (χ2v) is 6.21. The van der Waals surface area contributed by atoms with E-state index in [1.807, 2.05) is 0 Å². The van der Waals surface area contributed by atoms with Crippen LogP contribution in [0.1, 0.15) is 19.8 Å². The number of methoxy groups -OCH3 is 1. The highest BCUT2D eigenvalue weighted by atomic mass is 35.5. The summed E-state index contributed by atoms with van der Waals surface area (Å²) in [6, 6.07) is 5.35. The molecule has 122 valence electrons. The number of piperidine rings is 1. The van der Waals surface area contributed by atoms with Gasteiger partial charge in [-0.05, 0) is 37.0 Å². The first kappa shape index (κ1) is 15.8.